The van der Waals surface area contributed by atoms with Gasteiger partial charge < -0.3 is 5.11 Å². The minimum absolute atomic E-state index is 0.0306. The highest BCUT2D eigenvalue weighted by Crippen LogP contribution is 1.93. The van der Waals surface area contributed by atoms with Crippen LogP contribution in [0.1, 0.15) is 12.8 Å². The topological polar surface area (TPSA) is 84.2 Å². The largest absolute Gasteiger partial charge is 0.396 e. The number of aliphatic hydroxyl groups excluding tert-OH is 1. The number of unbranched alkanes of at least 4 members (excludes halogenated alkanes) is 1. The second kappa shape index (κ2) is 6.62. The summed E-state index contributed by atoms with van der Waals surface area (Å²) in [6, 6.07) is 1.79. The Morgan fingerprint density at radius 3 is 2.81 bits per heavy atom. The summed E-state index contributed by atoms with van der Waals surface area (Å²) in [6.07, 6.45) is 4.42. The molecule has 0 saturated heterocycles. The summed E-state index contributed by atoms with van der Waals surface area (Å²) < 4.78 is 27.0. The molecular weight excluding hydrogens is 230 g/mol. The fourth-order valence-corrected chi connectivity index (χ4v) is 2.36. The Kier molecular flexibility index (Phi) is 5.44. The Morgan fingerprint density at radius 1 is 1.38 bits per heavy atom. The smallest absolute Gasteiger partial charge is 0.211 e. The van der Waals surface area contributed by atoms with E-state index in [1.165, 1.54) is 0 Å². The van der Waals surface area contributed by atoms with Gasteiger partial charge in [-0.2, -0.15) is 5.10 Å². The number of aliphatic hydroxyl groups is 1. The Morgan fingerprint density at radius 2 is 2.19 bits per heavy atom. The zero-order valence-corrected chi connectivity index (χ0v) is 9.86. The second-order valence-electron chi connectivity index (χ2n) is 3.41. The van der Waals surface area contributed by atoms with E-state index in [0.717, 1.165) is 0 Å². The minimum atomic E-state index is -3.21. The van der Waals surface area contributed by atoms with E-state index in [9.17, 15) is 8.42 Å². The number of hydrogen-bond acceptors (Lipinski definition) is 4. The summed E-state index contributed by atoms with van der Waals surface area (Å²) in [5.41, 5.74) is 0. The van der Waals surface area contributed by atoms with Gasteiger partial charge in [-0.1, -0.05) is 0 Å². The number of nitrogens with zero attached hydrogens (tertiary/aromatic N) is 2. The van der Waals surface area contributed by atoms with Gasteiger partial charge in [0, 0.05) is 25.5 Å². The molecule has 0 radical (unpaired) electrons. The Hall–Kier alpha value is -0.920. The van der Waals surface area contributed by atoms with Crippen LogP contribution in [0.5, 0.6) is 0 Å². The first-order valence-electron chi connectivity index (χ1n) is 5.20. The zero-order chi connectivity index (χ0) is 11.9. The van der Waals surface area contributed by atoms with Gasteiger partial charge in [0.05, 0.1) is 12.3 Å². The van der Waals surface area contributed by atoms with Gasteiger partial charge >= 0.3 is 0 Å². The van der Waals surface area contributed by atoms with Gasteiger partial charge in [-0.3, -0.25) is 4.68 Å². The normalized spacial score (nSPS) is 11.8. The molecule has 0 unspecified atom stereocenters. The number of sulfonamides is 1. The molecule has 0 aliphatic carbocycles. The Labute approximate surface area is 95.3 Å². The first-order chi connectivity index (χ1) is 7.64. The van der Waals surface area contributed by atoms with Crippen molar-refractivity contribution in [3.05, 3.63) is 18.5 Å². The van der Waals surface area contributed by atoms with Crippen LogP contribution in [0.2, 0.25) is 0 Å². The Balaban J connectivity index is 2.20. The number of hydrogen-bond donors (Lipinski definition) is 2. The number of rotatable bonds is 8. The standard InChI is InChI=1S/C9H17N3O3S/c13-8-1-2-9-16(14,15)11-5-7-12-6-3-4-10-12/h3-4,6,11,13H,1-2,5,7-9H2. The molecular formula is C9H17N3O3S. The van der Waals surface area contributed by atoms with Crippen LogP contribution in [-0.4, -0.2) is 42.2 Å². The highest BCUT2D eigenvalue weighted by Gasteiger charge is 2.08. The van der Waals surface area contributed by atoms with E-state index in [-0.39, 0.29) is 12.4 Å². The van der Waals surface area contributed by atoms with Crippen molar-refractivity contribution < 1.29 is 13.5 Å². The van der Waals surface area contributed by atoms with E-state index < -0.39 is 10.0 Å². The van der Waals surface area contributed by atoms with Crippen molar-refractivity contribution in [1.29, 1.82) is 0 Å². The summed E-state index contributed by atoms with van der Waals surface area (Å²) in [5.74, 6) is 0.0622. The molecule has 1 aromatic rings. The average molecular weight is 247 g/mol. The predicted molar refractivity (Wildman–Crippen MR) is 60.3 cm³/mol. The summed E-state index contributed by atoms with van der Waals surface area (Å²) in [6.45, 7) is 0.887. The lowest BCUT2D eigenvalue weighted by Gasteiger charge is -2.06. The Bertz CT molecular complexity index is 375. The highest BCUT2D eigenvalue weighted by molar-refractivity contribution is 7.89. The molecule has 2 N–H and O–H groups in total. The third-order valence-electron chi connectivity index (χ3n) is 2.04. The summed E-state index contributed by atoms with van der Waals surface area (Å²) >= 11 is 0. The molecule has 0 spiro atoms. The molecule has 7 heteroatoms. The molecule has 1 heterocycles. The quantitative estimate of drug-likeness (QED) is 0.611. The van der Waals surface area contributed by atoms with Crippen molar-refractivity contribution in [1.82, 2.24) is 14.5 Å². The van der Waals surface area contributed by atoms with Gasteiger partial charge in [0.1, 0.15) is 0 Å². The maximum Gasteiger partial charge on any atom is 0.211 e. The lowest BCUT2D eigenvalue weighted by atomic mass is 10.4. The maximum atomic E-state index is 11.4. The van der Waals surface area contributed by atoms with E-state index >= 15 is 0 Å². The van der Waals surface area contributed by atoms with Crippen molar-refractivity contribution in [2.24, 2.45) is 0 Å². The van der Waals surface area contributed by atoms with Crippen LogP contribution in [0.4, 0.5) is 0 Å². The SMILES string of the molecule is O=S(=O)(CCCCO)NCCn1cccn1. The van der Waals surface area contributed by atoms with Gasteiger partial charge in [0.2, 0.25) is 10.0 Å². The van der Waals surface area contributed by atoms with Gasteiger partial charge in [-0.25, -0.2) is 13.1 Å². The molecule has 1 rings (SSSR count). The van der Waals surface area contributed by atoms with E-state index in [4.69, 9.17) is 5.11 Å². The zero-order valence-electron chi connectivity index (χ0n) is 9.04. The van der Waals surface area contributed by atoms with Crippen LogP contribution < -0.4 is 4.72 Å². The molecule has 0 fully saturated rings. The van der Waals surface area contributed by atoms with Crippen LogP contribution in [0.3, 0.4) is 0 Å². The predicted octanol–water partition coefficient (Wildman–Crippen LogP) is -0.425. The van der Waals surface area contributed by atoms with Crippen molar-refractivity contribution in [2.45, 2.75) is 19.4 Å². The maximum absolute atomic E-state index is 11.4. The summed E-state index contributed by atoms with van der Waals surface area (Å²) in [7, 11) is -3.21. The first kappa shape index (κ1) is 13.1. The summed E-state index contributed by atoms with van der Waals surface area (Å²) in [4.78, 5) is 0. The van der Waals surface area contributed by atoms with Crippen LogP contribution in [0.15, 0.2) is 18.5 Å². The lowest BCUT2D eigenvalue weighted by molar-refractivity contribution is 0.287. The van der Waals surface area contributed by atoms with Crippen molar-refractivity contribution in [3.63, 3.8) is 0 Å². The van der Waals surface area contributed by atoms with E-state index in [1.807, 2.05) is 0 Å². The lowest BCUT2D eigenvalue weighted by Crippen LogP contribution is -2.29. The van der Waals surface area contributed by atoms with E-state index in [2.05, 4.69) is 9.82 Å². The van der Waals surface area contributed by atoms with Gasteiger partial charge in [0.25, 0.3) is 0 Å². The fourth-order valence-electron chi connectivity index (χ4n) is 1.22. The minimum Gasteiger partial charge on any atom is -0.396 e. The van der Waals surface area contributed by atoms with Crippen LogP contribution in [0.25, 0.3) is 0 Å². The molecule has 6 nitrogen and oxygen atoms in total. The van der Waals surface area contributed by atoms with Crippen molar-refractivity contribution in [3.8, 4) is 0 Å². The van der Waals surface area contributed by atoms with E-state index in [1.54, 1.807) is 23.1 Å². The molecule has 0 aliphatic heterocycles. The van der Waals surface area contributed by atoms with Gasteiger partial charge in [0.15, 0.2) is 0 Å². The van der Waals surface area contributed by atoms with Crippen LogP contribution in [0, 0.1) is 0 Å². The molecule has 0 atom stereocenters. The monoisotopic (exact) mass is 247 g/mol. The second-order valence-corrected chi connectivity index (χ2v) is 5.34. The molecule has 0 saturated carbocycles. The fraction of sp³-hybridized carbons (Fsp3) is 0.667. The molecule has 92 valence electrons. The third-order valence-corrected chi connectivity index (χ3v) is 3.51. The molecule has 0 amide bonds. The van der Waals surface area contributed by atoms with Crippen LogP contribution in [-0.2, 0) is 16.6 Å². The molecule has 0 aliphatic rings. The molecule has 0 bridgehead atoms. The molecule has 16 heavy (non-hydrogen) atoms. The number of nitrogens with one attached hydrogen (secondary N) is 1. The highest BCUT2D eigenvalue weighted by atomic mass is 32.2. The van der Waals surface area contributed by atoms with E-state index in [0.29, 0.717) is 25.9 Å². The first-order valence-corrected chi connectivity index (χ1v) is 6.85. The molecule has 1 aromatic heterocycles. The van der Waals surface area contributed by atoms with Crippen LogP contribution >= 0.6 is 0 Å². The van der Waals surface area contributed by atoms with Gasteiger partial charge in [-0.05, 0) is 18.9 Å². The third kappa shape index (κ3) is 5.24. The summed E-state index contributed by atoms with van der Waals surface area (Å²) in [5, 5.41) is 12.5. The number of aromatic nitrogens is 2. The van der Waals surface area contributed by atoms with Crippen molar-refractivity contribution in [2.75, 3.05) is 18.9 Å². The molecule has 0 aromatic carbocycles. The average Bonchev–Trinajstić information content (AvgIpc) is 2.70. The van der Waals surface area contributed by atoms with Crippen molar-refractivity contribution >= 4 is 10.0 Å². The van der Waals surface area contributed by atoms with Gasteiger partial charge in [-0.15, -0.1) is 0 Å².